The van der Waals surface area contributed by atoms with Gasteiger partial charge in [0.2, 0.25) is 0 Å². The number of fused-ring (bicyclic) bond motifs is 1. The Bertz CT molecular complexity index is 772. The van der Waals surface area contributed by atoms with Gasteiger partial charge in [-0.25, -0.2) is 0 Å². The highest BCUT2D eigenvalue weighted by Crippen LogP contribution is 2.30. The minimum atomic E-state index is 0.322. The van der Waals surface area contributed by atoms with Gasteiger partial charge in [-0.3, -0.25) is 0 Å². The van der Waals surface area contributed by atoms with E-state index < -0.39 is 0 Å². The Morgan fingerprint density at radius 3 is 2.19 bits per heavy atom. The number of phenolic OH excluding ortho intramolecular Hbond substituents is 1. The molecule has 3 aromatic carbocycles. The normalized spacial score (nSPS) is 10.8. The van der Waals surface area contributed by atoms with Gasteiger partial charge in [0.1, 0.15) is 5.75 Å². The van der Waals surface area contributed by atoms with E-state index in [1.165, 1.54) is 16.7 Å². The van der Waals surface area contributed by atoms with Crippen LogP contribution in [-0.2, 0) is 6.54 Å². The van der Waals surface area contributed by atoms with E-state index in [0.717, 1.165) is 23.0 Å². The van der Waals surface area contributed by atoms with Gasteiger partial charge in [-0.1, -0.05) is 42.5 Å². The number of nitrogens with one attached hydrogen (secondary N) is 1. The number of phenols is 1. The van der Waals surface area contributed by atoms with Crippen molar-refractivity contribution >= 4 is 16.5 Å². The first-order valence-electron chi connectivity index (χ1n) is 7.16. The summed E-state index contributed by atoms with van der Waals surface area (Å²) in [5.41, 5.74) is 4.97. The Kier molecular flexibility index (Phi) is 3.53. The fraction of sp³-hybridized carbons (Fsp3) is 0.158. The molecule has 0 bridgehead atoms. The number of hydrogen-bond acceptors (Lipinski definition) is 2. The van der Waals surface area contributed by atoms with Crippen molar-refractivity contribution in [2.75, 3.05) is 5.32 Å². The molecule has 0 amide bonds. The van der Waals surface area contributed by atoms with Crippen LogP contribution in [0.3, 0.4) is 0 Å². The molecule has 0 saturated carbocycles. The lowest BCUT2D eigenvalue weighted by molar-refractivity contribution is 0.481. The molecule has 0 aromatic heterocycles. The fourth-order valence-electron chi connectivity index (χ4n) is 2.76. The van der Waals surface area contributed by atoms with Crippen molar-refractivity contribution in [2.24, 2.45) is 0 Å². The molecule has 0 unspecified atom stereocenters. The van der Waals surface area contributed by atoms with E-state index in [1.54, 1.807) is 6.07 Å². The number of anilines is 1. The SMILES string of the molecule is Cc1cccc(C)c1CNc1cccc2c(O)cccc12. The first-order chi connectivity index (χ1) is 10.2. The number of aromatic hydroxyl groups is 1. The molecule has 2 nitrogen and oxygen atoms in total. The van der Waals surface area contributed by atoms with E-state index >= 15 is 0 Å². The predicted molar refractivity (Wildman–Crippen MR) is 88.9 cm³/mol. The Hall–Kier alpha value is -2.48. The molecular formula is C19H19NO. The molecule has 21 heavy (non-hydrogen) atoms. The quantitative estimate of drug-likeness (QED) is 0.722. The van der Waals surface area contributed by atoms with Crippen LogP contribution < -0.4 is 5.32 Å². The van der Waals surface area contributed by atoms with Crippen LogP contribution in [0.2, 0.25) is 0 Å². The van der Waals surface area contributed by atoms with Crippen LogP contribution in [-0.4, -0.2) is 5.11 Å². The van der Waals surface area contributed by atoms with Crippen molar-refractivity contribution in [3.63, 3.8) is 0 Å². The van der Waals surface area contributed by atoms with Crippen LogP contribution in [0, 0.1) is 13.8 Å². The summed E-state index contributed by atoms with van der Waals surface area (Å²) in [5.74, 6) is 0.322. The van der Waals surface area contributed by atoms with Crippen LogP contribution >= 0.6 is 0 Å². The zero-order valence-corrected chi connectivity index (χ0v) is 12.4. The molecule has 0 spiro atoms. The summed E-state index contributed by atoms with van der Waals surface area (Å²) in [6.45, 7) is 5.06. The van der Waals surface area contributed by atoms with E-state index in [1.807, 2.05) is 24.3 Å². The third-order valence-electron chi connectivity index (χ3n) is 4.00. The summed E-state index contributed by atoms with van der Waals surface area (Å²) in [6.07, 6.45) is 0. The summed E-state index contributed by atoms with van der Waals surface area (Å²) in [5, 5.41) is 15.4. The molecular weight excluding hydrogens is 258 g/mol. The number of benzene rings is 3. The van der Waals surface area contributed by atoms with Gasteiger partial charge in [-0.2, -0.15) is 0 Å². The molecule has 0 aliphatic carbocycles. The number of aryl methyl sites for hydroxylation is 2. The molecule has 3 aromatic rings. The monoisotopic (exact) mass is 277 g/mol. The molecule has 0 fully saturated rings. The van der Waals surface area contributed by atoms with Crippen molar-refractivity contribution in [3.8, 4) is 5.75 Å². The van der Waals surface area contributed by atoms with Crippen molar-refractivity contribution in [3.05, 3.63) is 71.3 Å². The first kappa shape index (κ1) is 13.5. The molecule has 0 aliphatic rings. The lowest BCUT2D eigenvalue weighted by atomic mass is 10.0. The highest BCUT2D eigenvalue weighted by molar-refractivity contribution is 5.97. The lowest BCUT2D eigenvalue weighted by Gasteiger charge is -2.14. The number of rotatable bonds is 3. The number of hydrogen-bond donors (Lipinski definition) is 2. The molecule has 0 heterocycles. The summed E-state index contributed by atoms with van der Waals surface area (Å²) in [7, 11) is 0. The third kappa shape index (κ3) is 2.57. The second-order valence-electron chi connectivity index (χ2n) is 5.40. The van der Waals surface area contributed by atoms with Crippen LogP contribution in [0.25, 0.3) is 10.8 Å². The Morgan fingerprint density at radius 2 is 1.43 bits per heavy atom. The molecule has 0 aliphatic heterocycles. The van der Waals surface area contributed by atoms with Crippen molar-refractivity contribution in [1.82, 2.24) is 0 Å². The third-order valence-corrected chi connectivity index (χ3v) is 4.00. The maximum absolute atomic E-state index is 9.94. The molecule has 2 N–H and O–H groups in total. The standard InChI is InChI=1S/C19H19NO/c1-13-6-3-7-14(2)17(13)12-20-18-10-4-9-16-15(18)8-5-11-19(16)21/h3-11,20-21H,12H2,1-2H3. The Balaban J connectivity index is 1.94. The minimum Gasteiger partial charge on any atom is -0.507 e. The second-order valence-corrected chi connectivity index (χ2v) is 5.40. The van der Waals surface area contributed by atoms with Gasteiger partial charge in [-0.15, -0.1) is 0 Å². The summed E-state index contributed by atoms with van der Waals surface area (Å²) >= 11 is 0. The average molecular weight is 277 g/mol. The summed E-state index contributed by atoms with van der Waals surface area (Å²) in [6, 6.07) is 17.9. The highest BCUT2D eigenvalue weighted by atomic mass is 16.3. The van der Waals surface area contributed by atoms with Gasteiger partial charge in [0.15, 0.2) is 0 Å². The van der Waals surface area contributed by atoms with Crippen molar-refractivity contribution in [2.45, 2.75) is 20.4 Å². The zero-order chi connectivity index (χ0) is 14.8. The molecule has 0 radical (unpaired) electrons. The van der Waals surface area contributed by atoms with Gasteiger partial charge < -0.3 is 10.4 Å². The van der Waals surface area contributed by atoms with Crippen LogP contribution in [0.4, 0.5) is 5.69 Å². The van der Waals surface area contributed by atoms with E-state index in [0.29, 0.717) is 5.75 Å². The lowest BCUT2D eigenvalue weighted by Crippen LogP contribution is -2.03. The molecule has 0 saturated heterocycles. The smallest absolute Gasteiger partial charge is 0.123 e. The van der Waals surface area contributed by atoms with Crippen molar-refractivity contribution in [1.29, 1.82) is 0 Å². The maximum Gasteiger partial charge on any atom is 0.123 e. The topological polar surface area (TPSA) is 32.3 Å². The van der Waals surface area contributed by atoms with Crippen LogP contribution in [0.15, 0.2) is 54.6 Å². The average Bonchev–Trinajstić information content (AvgIpc) is 2.47. The zero-order valence-electron chi connectivity index (χ0n) is 12.4. The summed E-state index contributed by atoms with van der Waals surface area (Å²) < 4.78 is 0. The highest BCUT2D eigenvalue weighted by Gasteiger charge is 2.06. The van der Waals surface area contributed by atoms with Crippen LogP contribution in [0.5, 0.6) is 5.75 Å². The first-order valence-corrected chi connectivity index (χ1v) is 7.16. The Labute approximate surface area is 125 Å². The van der Waals surface area contributed by atoms with Gasteiger partial charge >= 0.3 is 0 Å². The van der Waals surface area contributed by atoms with Crippen LogP contribution in [0.1, 0.15) is 16.7 Å². The molecule has 106 valence electrons. The largest absolute Gasteiger partial charge is 0.507 e. The maximum atomic E-state index is 9.94. The minimum absolute atomic E-state index is 0.322. The van der Waals surface area contributed by atoms with Crippen molar-refractivity contribution < 1.29 is 5.11 Å². The Morgan fingerprint density at radius 1 is 0.810 bits per heavy atom. The van der Waals surface area contributed by atoms with E-state index in [-0.39, 0.29) is 0 Å². The van der Waals surface area contributed by atoms with E-state index in [2.05, 4.69) is 43.4 Å². The van der Waals surface area contributed by atoms with Gasteiger partial charge in [0, 0.05) is 23.0 Å². The molecule has 3 rings (SSSR count). The summed E-state index contributed by atoms with van der Waals surface area (Å²) in [4.78, 5) is 0. The molecule has 2 heteroatoms. The fourth-order valence-corrected chi connectivity index (χ4v) is 2.76. The van der Waals surface area contributed by atoms with Gasteiger partial charge in [0.05, 0.1) is 0 Å². The predicted octanol–water partition coefficient (Wildman–Crippen LogP) is 4.77. The molecule has 0 atom stereocenters. The van der Waals surface area contributed by atoms with E-state index in [4.69, 9.17) is 0 Å². The van der Waals surface area contributed by atoms with E-state index in [9.17, 15) is 5.11 Å². The van der Waals surface area contributed by atoms with Gasteiger partial charge in [0.25, 0.3) is 0 Å². The van der Waals surface area contributed by atoms with Gasteiger partial charge in [-0.05, 0) is 42.7 Å². The second kappa shape index (κ2) is 5.49.